The standard InChI is InChI=1S/C21H20F2N2O4/c1-27-13-25-19(15-8-9-17(22)18(23)10-15)16(11-24-21(25)28-2)20(26)29-12-14-6-4-3-5-7-14/h3-11,19H,12-13H2,1-2H3. The maximum atomic E-state index is 13.9. The fourth-order valence-electron chi connectivity index (χ4n) is 3.00. The van der Waals surface area contributed by atoms with E-state index < -0.39 is 23.6 Å². The smallest absolute Gasteiger partial charge is 0.338 e. The number of hydrogen-bond donors (Lipinski definition) is 0. The van der Waals surface area contributed by atoms with Crippen molar-refractivity contribution >= 4 is 12.0 Å². The first kappa shape index (κ1) is 20.5. The van der Waals surface area contributed by atoms with Crippen molar-refractivity contribution in [3.8, 4) is 0 Å². The second kappa shape index (κ2) is 9.29. The van der Waals surface area contributed by atoms with Crippen molar-refractivity contribution in [3.63, 3.8) is 0 Å². The number of nitrogens with zero attached hydrogens (tertiary/aromatic N) is 2. The molecule has 1 aliphatic rings. The number of carbonyl (C=O) groups excluding carboxylic acids is 1. The molecule has 0 amide bonds. The molecule has 1 aliphatic heterocycles. The van der Waals surface area contributed by atoms with Gasteiger partial charge in [0.1, 0.15) is 13.3 Å². The molecule has 8 heteroatoms. The Bertz CT molecular complexity index is 932. The highest BCUT2D eigenvalue weighted by molar-refractivity contribution is 5.93. The van der Waals surface area contributed by atoms with Crippen LogP contribution in [0.15, 0.2) is 65.3 Å². The Labute approximate surface area is 167 Å². The van der Waals surface area contributed by atoms with Gasteiger partial charge < -0.3 is 14.2 Å². The van der Waals surface area contributed by atoms with Crippen LogP contribution in [0.1, 0.15) is 17.2 Å². The maximum absolute atomic E-state index is 13.9. The molecule has 0 spiro atoms. The molecule has 152 valence electrons. The predicted octanol–water partition coefficient (Wildman–Crippen LogP) is 3.56. The third-order valence-corrected chi connectivity index (χ3v) is 4.32. The lowest BCUT2D eigenvalue weighted by atomic mass is 9.97. The van der Waals surface area contributed by atoms with Crippen LogP contribution in [0.25, 0.3) is 0 Å². The largest absolute Gasteiger partial charge is 0.468 e. The van der Waals surface area contributed by atoms with Crippen molar-refractivity contribution in [3.05, 3.63) is 83.1 Å². The molecule has 0 bridgehead atoms. The summed E-state index contributed by atoms with van der Waals surface area (Å²) in [6.07, 6.45) is 1.31. The minimum absolute atomic E-state index is 0.000356. The number of aliphatic imine (C=N–C) groups is 1. The van der Waals surface area contributed by atoms with Crippen molar-refractivity contribution in [2.75, 3.05) is 21.0 Å². The van der Waals surface area contributed by atoms with E-state index in [9.17, 15) is 13.6 Å². The summed E-state index contributed by atoms with van der Waals surface area (Å²) < 4.78 is 43.2. The SMILES string of the molecule is COCN1C(OC)=NC=C(C(=O)OCc2ccccc2)C1c1ccc(F)c(F)c1. The monoisotopic (exact) mass is 402 g/mol. The second-order valence-corrected chi connectivity index (χ2v) is 6.23. The second-order valence-electron chi connectivity index (χ2n) is 6.23. The zero-order valence-electron chi connectivity index (χ0n) is 16.0. The van der Waals surface area contributed by atoms with Crippen LogP contribution in [0.3, 0.4) is 0 Å². The third-order valence-electron chi connectivity index (χ3n) is 4.32. The van der Waals surface area contributed by atoms with E-state index in [1.54, 1.807) is 0 Å². The number of rotatable bonds is 6. The van der Waals surface area contributed by atoms with E-state index in [1.807, 2.05) is 30.3 Å². The Balaban J connectivity index is 1.94. The van der Waals surface area contributed by atoms with Crippen LogP contribution in [-0.2, 0) is 25.6 Å². The highest BCUT2D eigenvalue weighted by atomic mass is 19.2. The molecule has 2 aromatic rings. The lowest BCUT2D eigenvalue weighted by Crippen LogP contribution is -2.41. The van der Waals surface area contributed by atoms with E-state index in [2.05, 4.69) is 4.99 Å². The lowest BCUT2D eigenvalue weighted by molar-refractivity contribution is -0.141. The Morgan fingerprint density at radius 2 is 1.86 bits per heavy atom. The van der Waals surface area contributed by atoms with E-state index in [-0.39, 0.29) is 24.9 Å². The first-order valence-electron chi connectivity index (χ1n) is 8.78. The average Bonchev–Trinajstić information content (AvgIpc) is 2.74. The molecule has 1 heterocycles. The minimum Gasteiger partial charge on any atom is -0.468 e. The fourth-order valence-corrected chi connectivity index (χ4v) is 3.00. The average molecular weight is 402 g/mol. The molecule has 1 atom stereocenters. The van der Waals surface area contributed by atoms with Crippen LogP contribution in [0.2, 0.25) is 0 Å². The van der Waals surface area contributed by atoms with Gasteiger partial charge in [-0.25, -0.2) is 18.6 Å². The minimum atomic E-state index is -1.03. The number of benzene rings is 2. The summed E-state index contributed by atoms with van der Waals surface area (Å²) in [6.45, 7) is 0.0618. The molecule has 0 fully saturated rings. The van der Waals surface area contributed by atoms with Gasteiger partial charge in [-0.2, -0.15) is 0 Å². The molecule has 0 saturated carbocycles. The molecule has 0 aliphatic carbocycles. The Morgan fingerprint density at radius 3 is 2.52 bits per heavy atom. The molecular formula is C21H20F2N2O4. The van der Waals surface area contributed by atoms with Crippen LogP contribution < -0.4 is 0 Å². The lowest BCUT2D eigenvalue weighted by Gasteiger charge is -2.35. The van der Waals surface area contributed by atoms with Gasteiger partial charge in [0.2, 0.25) is 0 Å². The topological polar surface area (TPSA) is 60.4 Å². The van der Waals surface area contributed by atoms with Crippen molar-refractivity contribution in [2.45, 2.75) is 12.6 Å². The summed E-state index contributed by atoms with van der Waals surface area (Å²) in [5, 5.41) is 0. The summed E-state index contributed by atoms with van der Waals surface area (Å²) in [5.41, 5.74) is 1.29. The van der Waals surface area contributed by atoms with Gasteiger partial charge in [-0.05, 0) is 23.3 Å². The van der Waals surface area contributed by atoms with E-state index in [4.69, 9.17) is 14.2 Å². The quantitative estimate of drug-likeness (QED) is 0.692. The van der Waals surface area contributed by atoms with E-state index in [1.165, 1.54) is 31.4 Å². The fraction of sp³-hybridized carbons (Fsp3) is 0.238. The molecule has 6 nitrogen and oxygen atoms in total. The van der Waals surface area contributed by atoms with Crippen molar-refractivity contribution in [1.29, 1.82) is 0 Å². The number of ether oxygens (including phenoxy) is 3. The number of esters is 1. The van der Waals surface area contributed by atoms with Crippen molar-refractivity contribution in [1.82, 2.24) is 4.90 Å². The molecule has 0 saturated heterocycles. The van der Waals surface area contributed by atoms with Gasteiger partial charge in [-0.3, -0.25) is 4.90 Å². The van der Waals surface area contributed by atoms with Crippen molar-refractivity contribution < 1.29 is 27.8 Å². The third kappa shape index (κ3) is 4.60. The first-order valence-corrected chi connectivity index (χ1v) is 8.78. The molecule has 29 heavy (non-hydrogen) atoms. The first-order chi connectivity index (χ1) is 14.0. The Morgan fingerprint density at radius 1 is 1.10 bits per heavy atom. The van der Waals surface area contributed by atoms with Crippen LogP contribution in [-0.4, -0.2) is 37.8 Å². The molecule has 0 radical (unpaired) electrons. The van der Waals surface area contributed by atoms with Gasteiger partial charge in [0.25, 0.3) is 6.02 Å². The summed E-state index contributed by atoms with van der Waals surface area (Å²) in [4.78, 5) is 18.5. The highest BCUT2D eigenvalue weighted by Crippen LogP contribution is 2.33. The molecule has 2 aromatic carbocycles. The number of amidine groups is 1. The van der Waals surface area contributed by atoms with E-state index in [0.717, 1.165) is 17.7 Å². The summed E-state index contributed by atoms with van der Waals surface area (Å²) in [7, 11) is 2.87. The van der Waals surface area contributed by atoms with Gasteiger partial charge in [-0.1, -0.05) is 36.4 Å². The Hall–Kier alpha value is -3.26. The van der Waals surface area contributed by atoms with Gasteiger partial charge in [0.15, 0.2) is 11.6 Å². The predicted molar refractivity (Wildman–Crippen MR) is 102 cm³/mol. The molecule has 0 N–H and O–H groups in total. The molecule has 3 rings (SSSR count). The number of methoxy groups -OCH3 is 2. The highest BCUT2D eigenvalue weighted by Gasteiger charge is 2.35. The molecule has 1 unspecified atom stereocenters. The van der Waals surface area contributed by atoms with Crippen molar-refractivity contribution in [2.24, 2.45) is 4.99 Å². The van der Waals surface area contributed by atoms with Gasteiger partial charge in [0.05, 0.1) is 18.7 Å². The summed E-state index contributed by atoms with van der Waals surface area (Å²) >= 11 is 0. The zero-order chi connectivity index (χ0) is 20.8. The van der Waals surface area contributed by atoms with Gasteiger partial charge >= 0.3 is 5.97 Å². The van der Waals surface area contributed by atoms with Gasteiger partial charge in [-0.15, -0.1) is 0 Å². The number of carbonyl (C=O) groups is 1. The van der Waals surface area contributed by atoms with E-state index >= 15 is 0 Å². The van der Waals surface area contributed by atoms with Crippen LogP contribution in [0, 0.1) is 11.6 Å². The normalized spacial score (nSPS) is 16.1. The zero-order valence-corrected chi connectivity index (χ0v) is 16.0. The van der Waals surface area contributed by atoms with Crippen LogP contribution in [0.4, 0.5) is 8.78 Å². The molecular weight excluding hydrogens is 382 g/mol. The maximum Gasteiger partial charge on any atom is 0.338 e. The van der Waals surface area contributed by atoms with E-state index in [0.29, 0.717) is 5.56 Å². The number of halogens is 2. The summed E-state index contributed by atoms with van der Waals surface area (Å²) in [6, 6.07) is 11.9. The number of hydrogen-bond acceptors (Lipinski definition) is 6. The van der Waals surface area contributed by atoms with Crippen LogP contribution in [0.5, 0.6) is 0 Å². The van der Waals surface area contributed by atoms with Crippen LogP contribution >= 0.6 is 0 Å². The van der Waals surface area contributed by atoms with Gasteiger partial charge in [0, 0.05) is 13.3 Å². The summed E-state index contributed by atoms with van der Waals surface area (Å²) in [5.74, 6) is -2.65. The molecule has 0 aromatic heterocycles. The Kier molecular flexibility index (Phi) is 6.56.